The van der Waals surface area contributed by atoms with E-state index in [0.717, 1.165) is 16.7 Å². The lowest BCUT2D eigenvalue weighted by Crippen LogP contribution is -1.91. The average Bonchev–Trinajstić information content (AvgIpc) is 2.88. The van der Waals surface area contributed by atoms with E-state index in [-0.39, 0.29) is 0 Å². The van der Waals surface area contributed by atoms with Crippen molar-refractivity contribution in [1.29, 1.82) is 0 Å². The molecular formula is C29H19N3. The second-order valence-corrected chi connectivity index (χ2v) is 7.76. The van der Waals surface area contributed by atoms with Gasteiger partial charge in [-0.1, -0.05) is 36.4 Å². The van der Waals surface area contributed by atoms with Crippen LogP contribution in [0.1, 0.15) is 0 Å². The SMILES string of the molecule is c1cc(-c2ccncc2)c2cc3c(-c4ccncc4)cccc3c(-c3ccncc3)c2c1. The first-order chi connectivity index (χ1) is 15.9. The average molecular weight is 409 g/mol. The molecule has 3 heteroatoms. The molecule has 0 radical (unpaired) electrons. The van der Waals surface area contributed by atoms with Crippen LogP contribution >= 0.6 is 0 Å². The van der Waals surface area contributed by atoms with Crippen molar-refractivity contribution in [3.63, 3.8) is 0 Å². The van der Waals surface area contributed by atoms with Crippen molar-refractivity contribution in [2.24, 2.45) is 0 Å². The van der Waals surface area contributed by atoms with Crippen molar-refractivity contribution in [1.82, 2.24) is 15.0 Å². The summed E-state index contributed by atoms with van der Waals surface area (Å²) < 4.78 is 0. The van der Waals surface area contributed by atoms with Crippen LogP contribution < -0.4 is 0 Å². The van der Waals surface area contributed by atoms with Crippen LogP contribution in [0.4, 0.5) is 0 Å². The predicted octanol–water partition coefficient (Wildman–Crippen LogP) is 7.18. The quantitative estimate of drug-likeness (QED) is 0.291. The van der Waals surface area contributed by atoms with Crippen molar-refractivity contribution in [3.05, 3.63) is 116 Å². The molecule has 0 saturated heterocycles. The van der Waals surface area contributed by atoms with E-state index in [4.69, 9.17) is 0 Å². The van der Waals surface area contributed by atoms with Gasteiger partial charge in [0.25, 0.3) is 0 Å². The number of rotatable bonds is 3. The highest BCUT2D eigenvalue weighted by Gasteiger charge is 2.15. The van der Waals surface area contributed by atoms with E-state index in [1.54, 1.807) is 0 Å². The normalized spacial score (nSPS) is 11.1. The number of benzene rings is 3. The van der Waals surface area contributed by atoms with E-state index in [1.807, 2.05) is 37.2 Å². The van der Waals surface area contributed by atoms with Gasteiger partial charge in [0.1, 0.15) is 0 Å². The monoisotopic (exact) mass is 409 g/mol. The Hall–Kier alpha value is -4.37. The minimum absolute atomic E-state index is 1.16. The Morgan fingerprint density at radius 2 is 0.781 bits per heavy atom. The maximum absolute atomic E-state index is 4.25. The third-order valence-electron chi connectivity index (χ3n) is 5.99. The van der Waals surface area contributed by atoms with Crippen LogP contribution in [-0.2, 0) is 0 Å². The van der Waals surface area contributed by atoms with E-state index in [2.05, 4.69) is 93.8 Å². The van der Waals surface area contributed by atoms with Gasteiger partial charge in [-0.3, -0.25) is 15.0 Å². The van der Waals surface area contributed by atoms with E-state index in [1.165, 1.54) is 38.2 Å². The van der Waals surface area contributed by atoms with Crippen molar-refractivity contribution < 1.29 is 0 Å². The first-order valence-electron chi connectivity index (χ1n) is 10.6. The summed E-state index contributed by atoms with van der Waals surface area (Å²) in [4.78, 5) is 12.7. The number of hydrogen-bond acceptors (Lipinski definition) is 3. The van der Waals surface area contributed by atoms with Gasteiger partial charge in [0.2, 0.25) is 0 Å². The van der Waals surface area contributed by atoms with Crippen molar-refractivity contribution >= 4 is 21.5 Å². The van der Waals surface area contributed by atoms with Gasteiger partial charge in [-0.15, -0.1) is 0 Å². The van der Waals surface area contributed by atoms with Crippen LogP contribution in [0.2, 0.25) is 0 Å². The molecule has 0 N–H and O–H groups in total. The van der Waals surface area contributed by atoms with E-state index < -0.39 is 0 Å². The fourth-order valence-electron chi connectivity index (χ4n) is 4.56. The highest BCUT2D eigenvalue weighted by Crippen LogP contribution is 2.42. The van der Waals surface area contributed by atoms with E-state index >= 15 is 0 Å². The minimum Gasteiger partial charge on any atom is -0.265 e. The lowest BCUT2D eigenvalue weighted by molar-refractivity contribution is 1.33. The van der Waals surface area contributed by atoms with Crippen LogP contribution in [0.25, 0.3) is 54.9 Å². The topological polar surface area (TPSA) is 38.7 Å². The van der Waals surface area contributed by atoms with Crippen LogP contribution in [0.5, 0.6) is 0 Å². The smallest absolute Gasteiger partial charge is 0.0273 e. The molecule has 0 spiro atoms. The second kappa shape index (κ2) is 7.71. The Morgan fingerprint density at radius 1 is 0.375 bits per heavy atom. The summed E-state index contributed by atoms with van der Waals surface area (Å²) in [7, 11) is 0. The number of aromatic nitrogens is 3. The lowest BCUT2D eigenvalue weighted by Gasteiger charge is -2.17. The standard InChI is InChI=1S/C29H19N3/c1-3-23(20-7-13-30-14-8-20)27-19-28-24(21-9-15-31-16-10-21)4-2-6-26(28)29(25(27)5-1)22-11-17-32-18-12-22/h1-19H. The van der Waals surface area contributed by atoms with Gasteiger partial charge in [0.15, 0.2) is 0 Å². The Bertz CT molecular complexity index is 1450. The van der Waals surface area contributed by atoms with Gasteiger partial charge in [-0.2, -0.15) is 0 Å². The fourth-order valence-corrected chi connectivity index (χ4v) is 4.56. The molecule has 0 aliphatic heterocycles. The minimum atomic E-state index is 1.16. The van der Waals surface area contributed by atoms with Gasteiger partial charge in [0.05, 0.1) is 0 Å². The highest BCUT2D eigenvalue weighted by atomic mass is 14.6. The summed E-state index contributed by atoms with van der Waals surface area (Å²) in [5.74, 6) is 0. The summed E-state index contributed by atoms with van der Waals surface area (Å²) in [5.41, 5.74) is 7.11. The van der Waals surface area contributed by atoms with Crippen LogP contribution in [0.15, 0.2) is 116 Å². The molecule has 0 aliphatic carbocycles. The molecule has 150 valence electrons. The Balaban J connectivity index is 1.79. The molecule has 0 atom stereocenters. The number of pyridine rings is 3. The molecule has 3 nitrogen and oxygen atoms in total. The molecule has 0 bridgehead atoms. The van der Waals surface area contributed by atoms with Crippen LogP contribution in [0.3, 0.4) is 0 Å². The number of nitrogens with zero attached hydrogens (tertiary/aromatic N) is 3. The molecule has 6 aromatic rings. The molecule has 0 saturated carbocycles. The number of fused-ring (bicyclic) bond motifs is 2. The van der Waals surface area contributed by atoms with Gasteiger partial charge in [-0.05, 0) is 97.4 Å². The predicted molar refractivity (Wildman–Crippen MR) is 131 cm³/mol. The molecule has 6 rings (SSSR count). The lowest BCUT2D eigenvalue weighted by atomic mass is 9.87. The Kier molecular flexibility index (Phi) is 4.43. The first-order valence-corrected chi connectivity index (χ1v) is 10.6. The zero-order valence-electron chi connectivity index (χ0n) is 17.3. The molecular weight excluding hydrogens is 390 g/mol. The van der Waals surface area contributed by atoms with Crippen LogP contribution in [-0.4, -0.2) is 15.0 Å². The molecule has 3 aromatic carbocycles. The Labute approximate surface area is 186 Å². The Morgan fingerprint density at radius 3 is 1.22 bits per heavy atom. The highest BCUT2D eigenvalue weighted by molar-refractivity contribution is 6.18. The zero-order chi connectivity index (χ0) is 21.3. The summed E-state index contributed by atoms with van der Waals surface area (Å²) >= 11 is 0. The molecule has 0 amide bonds. The summed E-state index contributed by atoms with van der Waals surface area (Å²) in [6, 6.07) is 27.9. The summed E-state index contributed by atoms with van der Waals surface area (Å²) in [6.45, 7) is 0. The molecule has 0 unspecified atom stereocenters. The zero-order valence-corrected chi connectivity index (χ0v) is 17.3. The third-order valence-corrected chi connectivity index (χ3v) is 5.99. The summed E-state index contributed by atoms with van der Waals surface area (Å²) in [6.07, 6.45) is 11.1. The van der Waals surface area contributed by atoms with E-state index in [9.17, 15) is 0 Å². The molecule has 32 heavy (non-hydrogen) atoms. The number of hydrogen-bond donors (Lipinski definition) is 0. The van der Waals surface area contributed by atoms with Gasteiger partial charge in [-0.25, -0.2) is 0 Å². The van der Waals surface area contributed by atoms with Crippen molar-refractivity contribution in [2.75, 3.05) is 0 Å². The third kappa shape index (κ3) is 3.03. The van der Waals surface area contributed by atoms with E-state index in [0.29, 0.717) is 0 Å². The summed E-state index contributed by atoms with van der Waals surface area (Å²) in [5, 5.41) is 4.90. The fraction of sp³-hybridized carbons (Fsp3) is 0. The molecule has 0 aliphatic rings. The maximum Gasteiger partial charge on any atom is 0.0273 e. The maximum atomic E-state index is 4.25. The van der Waals surface area contributed by atoms with Gasteiger partial charge < -0.3 is 0 Å². The van der Waals surface area contributed by atoms with Gasteiger partial charge >= 0.3 is 0 Å². The van der Waals surface area contributed by atoms with Crippen molar-refractivity contribution in [2.45, 2.75) is 0 Å². The molecule has 0 fully saturated rings. The first kappa shape index (κ1) is 18.4. The molecule has 3 aromatic heterocycles. The second-order valence-electron chi connectivity index (χ2n) is 7.76. The molecule has 3 heterocycles. The van der Waals surface area contributed by atoms with Gasteiger partial charge in [0, 0.05) is 37.2 Å². The largest absolute Gasteiger partial charge is 0.265 e. The van der Waals surface area contributed by atoms with Crippen LogP contribution in [0, 0.1) is 0 Å². The van der Waals surface area contributed by atoms with Crippen molar-refractivity contribution in [3.8, 4) is 33.4 Å².